The van der Waals surface area contributed by atoms with Crippen molar-refractivity contribution in [3.63, 3.8) is 0 Å². The van der Waals surface area contributed by atoms with Crippen LogP contribution in [0.15, 0.2) is 45.3 Å². The highest BCUT2D eigenvalue weighted by atomic mass is 79.9. The summed E-state index contributed by atoms with van der Waals surface area (Å²) in [6, 6.07) is 13.7. The fourth-order valence-electron chi connectivity index (χ4n) is 5.56. The summed E-state index contributed by atoms with van der Waals surface area (Å²) >= 11 is 7.58. The molecule has 4 rings (SSSR count). The van der Waals surface area contributed by atoms with Gasteiger partial charge in [0.2, 0.25) is 0 Å². The van der Waals surface area contributed by atoms with Crippen molar-refractivity contribution >= 4 is 39.9 Å². The minimum atomic E-state index is -1.49. The van der Waals surface area contributed by atoms with Gasteiger partial charge in [-0.3, -0.25) is 0 Å². The Morgan fingerprint density at radius 2 is 1.54 bits per heavy atom. The fraction of sp³-hybridized carbons (Fsp3) is 0.429. The van der Waals surface area contributed by atoms with Crippen LogP contribution in [0.1, 0.15) is 46.7 Å². The molecule has 0 saturated carbocycles. The molecule has 0 aliphatic heterocycles. The van der Waals surface area contributed by atoms with Crippen LogP contribution in [0, 0.1) is 5.92 Å². The summed E-state index contributed by atoms with van der Waals surface area (Å²) in [6.07, 6.45) is 3.81. The van der Waals surface area contributed by atoms with Gasteiger partial charge in [-0.2, -0.15) is 0 Å². The molecule has 2 aromatic rings. The van der Waals surface area contributed by atoms with E-state index in [1.54, 1.807) is 22.3 Å². The number of rotatable bonds is 2. The number of hydrogen-bond donors (Lipinski definition) is 0. The largest absolute Gasteiger partial charge is 0.0684 e. The number of fused-ring (bicyclic) bond motifs is 2. The minimum absolute atomic E-state index is 0.761. The molecule has 2 aromatic carbocycles. The molecule has 0 fully saturated rings. The van der Waals surface area contributed by atoms with Gasteiger partial charge in [-0.25, -0.2) is 0 Å². The molecule has 0 N–H and O–H groups in total. The molecule has 126 valence electrons. The van der Waals surface area contributed by atoms with Crippen LogP contribution in [0.5, 0.6) is 0 Å². The van der Waals surface area contributed by atoms with Crippen LogP contribution in [0.2, 0.25) is 13.1 Å². The van der Waals surface area contributed by atoms with E-state index in [4.69, 9.17) is 0 Å². The van der Waals surface area contributed by atoms with Crippen LogP contribution in [-0.4, -0.2) is 8.07 Å². The van der Waals surface area contributed by atoms with E-state index in [1.807, 2.05) is 0 Å². The van der Waals surface area contributed by atoms with Crippen molar-refractivity contribution in [3.8, 4) is 0 Å². The van der Waals surface area contributed by atoms with Crippen LogP contribution in [0.25, 0.3) is 0 Å². The van der Waals surface area contributed by atoms with E-state index < -0.39 is 8.07 Å². The summed E-state index contributed by atoms with van der Waals surface area (Å²) in [7, 11) is -1.49. The Hall–Kier alpha value is -0.383. The first kappa shape index (κ1) is 17.1. The summed E-state index contributed by atoms with van der Waals surface area (Å²) in [5.41, 5.74) is 7.96. The highest BCUT2D eigenvalue weighted by molar-refractivity contribution is 9.10. The van der Waals surface area contributed by atoms with Gasteiger partial charge in [0.05, 0.1) is 8.07 Å². The summed E-state index contributed by atoms with van der Waals surface area (Å²) in [4.78, 5) is 0. The number of benzene rings is 2. The summed E-state index contributed by atoms with van der Waals surface area (Å²) in [5, 5.41) is 0. The Morgan fingerprint density at radius 1 is 0.917 bits per heavy atom. The maximum Gasteiger partial charge on any atom is 0.0631 e. The van der Waals surface area contributed by atoms with Crippen LogP contribution < -0.4 is 0 Å². The van der Waals surface area contributed by atoms with E-state index in [2.05, 4.69) is 88.3 Å². The molecule has 0 amide bonds. The van der Waals surface area contributed by atoms with Gasteiger partial charge in [0.15, 0.2) is 0 Å². The molecule has 0 spiro atoms. The first-order valence-electron chi connectivity index (χ1n) is 8.95. The maximum absolute atomic E-state index is 3.80. The standard InChI is InChI=1S/C21H24Br2Si/c1-13-12-17-16(7-5-9-19(17)23)21(13)24(2,3)20-11-10-14-15(20)6-4-8-18(14)22/h4-9,13,20-21H,10-12H2,1-3H3. The third kappa shape index (κ3) is 2.50. The molecule has 0 bridgehead atoms. The molecule has 0 saturated heterocycles. The van der Waals surface area contributed by atoms with Crippen LogP contribution in [0.3, 0.4) is 0 Å². The Balaban J connectivity index is 1.78. The molecule has 0 aromatic heterocycles. The van der Waals surface area contributed by atoms with Gasteiger partial charge in [0.25, 0.3) is 0 Å². The van der Waals surface area contributed by atoms with E-state index in [0.717, 1.165) is 17.0 Å². The van der Waals surface area contributed by atoms with E-state index in [1.165, 1.54) is 28.2 Å². The molecule has 3 atom stereocenters. The molecule has 0 radical (unpaired) electrons. The lowest BCUT2D eigenvalue weighted by molar-refractivity contribution is 0.580. The van der Waals surface area contributed by atoms with Gasteiger partial charge >= 0.3 is 0 Å². The summed E-state index contributed by atoms with van der Waals surface area (Å²) < 4.78 is 2.63. The van der Waals surface area contributed by atoms with E-state index in [9.17, 15) is 0 Å². The lowest BCUT2D eigenvalue weighted by Crippen LogP contribution is -2.43. The average Bonchev–Trinajstić information content (AvgIpc) is 3.10. The predicted molar refractivity (Wildman–Crippen MR) is 112 cm³/mol. The molecule has 0 nitrogen and oxygen atoms in total. The zero-order valence-corrected chi connectivity index (χ0v) is 18.7. The second-order valence-corrected chi connectivity index (χ2v) is 14.9. The molecular formula is C21H24Br2Si. The van der Waals surface area contributed by atoms with Crippen molar-refractivity contribution in [2.24, 2.45) is 5.92 Å². The first-order chi connectivity index (χ1) is 11.4. The smallest absolute Gasteiger partial charge is 0.0631 e. The molecule has 3 unspecified atom stereocenters. The van der Waals surface area contributed by atoms with Crippen LogP contribution in [-0.2, 0) is 12.8 Å². The van der Waals surface area contributed by atoms with Crippen molar-refractivity contribution in [1.29, 1.82) is 0 Å². The molecule has 3 heteroatoms. The predicted octanol–water partition coefficient (Wildman–Crippen LogP) is 7.00. The SMILES string of the molecule is CC1Cc2c(Br)cccc2C1[Si](C)(C)C1CCc2c(Br)cccc21. The van der Waals surface area contributed by atoms with Gasteiger partial charge in [0, 0.05) is 8.95 Å². The Labute approximate surface area is 163 Å². The zero-order valence-electron chi connectivity index (χ0n) is 14.6. The summed E-state index contributed by atoms with van der Waals surface area (Å²) in [5.74, 6) is 0.761. The lowest BCUT2D eigenvalue weighted by Gasteiger charge is -2.39. The third-order valence-corrected chi connectivity index (χ3v) is 12.9. The van der Waals surface area contributed by atoms with Gasteiger partial charge in [-0.05, 0) is 70.6 Å². The van der Waals surface area contributed by atoms with Crippen molar-refractivity contribution in [1.82, 2.24) is 0 Å². The van der Waals surface area contributed by atoms with Crippen molar-refractivity contribution in [3.05, 3.63) is 67.6 Å². The van der Waals surface area contributed by atoms with Gasteiger partial charge in [-0.15, -0.1) is 0 Å². The molecule has 24 heavy (non-hydrogen) atoms. The molecular weight excluding hydrogens is 440 g/mol. The number of halogens is 2. The Bertz CT molecular complexity index is 796. The highest BCUT2D eigenvalue weighted by Gasteiger charge is 2.48. The monoisotopic (exact) mass is 462 g/mol. The van der Waals surface area contributed by atoms with Gasteiger partial charge in [-0.1, -0.05) is 76.1 Å². The normalized spacial score (nSPS) is 25.6. The van der Waals surface area contributed by atoms with E-state index in [0.29, 0.717) is 0 Å². The van der Waals surface area contributed by atoms with Crippen LogP contribution >= 0.6 is 31.9 Å². The van der Waals surface area contributed by atoms with Crippen molar-refractivity contribution in [2.45, 2.75) is 50.4 Å². The minimum Gasteiger partial charge on any atom is -0.0684 e. The van der Waals surface area contributed by atoms with Gasteiger partial charge < -0.3 is 0 Å². The van der Waals surface area contributed by atoms with Gasteiger partial charge in [0.1, 0.15) is 0 Å². The Kier molecular flexibility index (Phi) is 4.34. The second kappa shape index (κ2) is 6.10. The number of hydrogen-bond acceptors (Lipinski definition) is 0. The second-order valence-electron chi connectivity index (χ2n) is 8.19. The topological polar surface area (TPSA) is 0 Å². The van der Waals surface area contributed by atoms with Crippen molar-refractivity contribution in [2.75, 3.05) is 0 Å². The van der Waals surface area contributed by atoms with E-state index in [-0.39, 0.29) is 0 Å². The molecule has 2 aliphatic rings. The van der Waals surface area contributed by atoms with Crippen molar-refractivity contribution < 1.29 is 0 Å². The lowest BCUT2D eigenvalue weighted by atomic mass is 10.1. The quantitative estimate of drug-likeness (QED) is 0.420. The maximum atomic E-state index is 3.80. The Morgan fingerprint density at radius 3 is 2.25 bits per heavy atom. The third-order valence-electron chi connectivity index (χ3n) is 6.50. The average molecular weight is 464 g/mol. The van der Waals surface area contributed by atoms with Crippen LogP contribution in [0.4, 0.5) is 0 Å². The first-order valence-corrected chi connectivity index (χ1v) is 13.7. The highest BCUT2D eigenvalue weighted by Crippen LogP contribution is 2.53. The fourth-order valence-corrected chi connectivity index (χ4v) is 11.7. The zero-order chi connectivity index (χ0) is 17.1. The van der Waals surface area contributed by atoms with E-state index >= 15 is 0 Å². The molecule has 2 aliphatic carbocycles. The summed E-state index contributed by atoms with van der Waals surface area (Å²) in [6.45, 7) is 7.76. The molecule has 0 heterocycles.